The molecule has 2 aromatic rings. The van der Waals surface area contributed by atoms with Crippen molar-refractivity contribution in [3.63, 3.8) is 0 Å². The van der Waals surface area contributed by atoms with Gasteiger partial charge >= 0.3 is 0 Å². The zero-order valence-corrected chi connectivity index (χ0v) is 10.1. The van der Waals surface area contributed by atoms with Crippen LogP contribution in [-0.4, -0.2) is 17.6 Å². The molecule has 3 rings (SSSR count). The number of nitrogens with zero attached hydrogens (tertiary/aromatic N) is 1. The summed E-state index contributed by atoms with van der Waals surface area (Å²) in [5.41, 5.74) is 2.29. The van der Waals surface area contributed by atoms with E-state index in [1.807, 2.05) is 24.3 Å². The van der Waals surface area contributed by atoms with Gasteiger partial charge in [-0.25, -0.2) is 0 Å². The van der Waals surface area contributed by atoms with Crippen LogP contribution >= 0.6 is 0 Å². The number of rotatable bonds is 3. The van der Waals surface area contributed by atoms with Crippen molar-refractivity contribution < 1.29 is 4.74 Å². The molecule has 0 bridgehead atoms. The quantitative estimate of drug-likeness (QED) is 0.894. The highest BCUT2D eigenvalue weighted by molar-refractivity contribution is 5.17. The summed E-state index contributed by atoms with van der Waals surface area (Å²) in [4.78, 5) is 4.31. The molecular weight excluding hydrogens is 224 g/mol. The van der Waals surface area contributed by atoms with Crippen molar-refractivity contribution in [1.82, 2.24) is 10.3 Å². The second-order valence-corrected chi connectivity index (χ2v) is 4.52. The first-order valence-corrected chi connectivity index (χ1v) is 6.24. The molecule has 0 saturated carbocycles. The van der Waals surface area contributed by atoms with E-state index in [1.165, 1.54) is 5.56 Å². The Morgan fingerprint density at radius 1 is 1.11 bits per heavy atom. The minimum absolute atomic E-state index is 0.0695. The summed E-state index contributed by atoms with van der Waals surface area (Å²) >= 11 is 0. The second kappa shape index (κ2) is 5.29. The van der Waals surface area contributed by atoms with Crippen LogP contribution in [0.1, 0.15) is 17.5 Å². The lowest BCUT2D eigenvalue weighted by Crippen LogP contribution is -2.28. The fourth-order valence-corrected chi connectivity index (χ4v) is 2.24. The predicted molar refractivity (Wildman–Crippen MR) is 70.0 cm³/mol. The van der Waals surface area contributed by atoms with Crippen LogP contribution in [0.4, 0.5) is 0 Å². The molecule has 1 aromatic heterocycles. The van der Waals surface area contributed by atoms with Crippen LogP contribution in [0, 0.1) is 0 Å². The van der Waals surface area contributed by atoms with Crippen LogP contribution < -0.4 is 5.32 Å². The second-order valence-electron chi connectivity index (χ2n) is 4.52. The van der Waals surface area contributed by atoms with E-state index in [0.717, 1.165) is 18.7 Å². The molecule has 0 amide bonds. The Bertz CT molecular complexity index is 486. The number of nitrogens with one attached hydrogen (secondary N) is 1. The maximum atomic E-state index is 5.75. The average molecular weight is 240 g/mol. The number of ether oxygens (including phenoxy) is 1. The van der Waals surface area contributed by atoms with Gasteiger partial charge in [0.05, 0.1) is 12.3 Å². The van der Waals surface area contributed by atoms with Gasteiger partial charge in [-0.1, -0.05) is 36.4 Å². The van der Waals surface area contributed by atoms with Crippen LogP contribution in [0.5, 0.6) is 0 Å². The summed E-state index contributed by atoms with van der Waals surface area (Å²) in [5, 5.41) is 3.47. The lowest BCUT2D eigenvalue weighted by atomic mass is 10.1. The van der Waals surface area contributed by atoms with E-state index in [9.17, 15) is 0 Å². The third-order valence-electron chi connectivity index (χ3n) is 3.13. The molecule has 1 aromatic carbocycles. The fraction of sp³-hybridized carbons (Fsp3) is 0.267. The predicted octanol–water partition coefficient (Wildman–Crippen LogP) is 2.31. The summed E-state index contributed by atoms with van der Waals surface area (Å²) in [6.45, 7) is 0.732. The molecule has 3 nitrogen and oxygen atoms in total. The molecule has 0 unspecified atom stereocenters. The number of pyridine rings is 1. The lowest BCUT2D eigenvalue weighted by molar-refractivity contribution is 0.0973. The van der Waals surface area contributed by atoms with E-state index in [4.69, 9.17) is 4.74 Å². The molecule has 0 radical (unpaired) electrons. The Hall–Kier alpha value is -1.71. The molecule has 0 spiro atoms. The molecule has 1 saturated heterocycles. The van der Waals surface area contributed by atoms with E-state index in [2.05, 4.69) is 34.6 Å². The molecule has 1 fully saturated rings. The summed E-state index contributed by atoms with van der Waals surface area (Å²) in [7, 11) is 0. The molecule has 2 heterocycles. The smallest absolute Gasteiger partial charge is 0.151 e. The monoisotopic (exact) mass is 240 g/mol. The van der Waals surface area contributed by atoms with Crippen molar-refractivity contribution in [2.75, 3.05) is 6.61 Å². The van der Waals surface area contributed by atoms with E-state index in [0.29, 0.717) is 6.04 Å². The van der Waals surface area contributed by atoms with E-state index < -0.39 is 0 Å². The van der Waals surface area contributed by atoms with Crippen LogP contribution in [0.2, 0.25) is 0 Å². The summed E-state index contributed by atoms with van der Waals surface area (Å²) in [6, 6.07) is 16.7. The van der Waals surface area contributed by atoms with Crippen LogP contribution in [0.25, 0.3) is 0 Å². The van der Waals surface area contributed by atoms with Gasteiger partial charge in [-0.15, -0.1) is 0 Å². The van der Waals surface area contributed by atoms with Crippen molar-refractivity contribution in [1.29, 1.82) is 0 Å². The van der Waals surface area contributed by atoms with Gasteiger partial charge < -0.3 is 4.74 Å². The van der Waals surface area contributed by atoms with E-state index in [-0.39, 0.29) is 6.23 Å². The van der Waals surface area contributed by atoms with Crippen LogP contribution in [-0.2, 0) is 11.2 Å². The SMILES string of the molecule is c1ccc(C[C@@H]2CO[C@H](c3ccccn3)N2)cc1. The third-order valence-corrected chi connectivity index (χ3v) is 3.13. The van der Waals surface area contributed by atoms with Crippen molar-refractivity contribution in [3.05, 3.63) is 66.0 Å². The molecule has 1 aliphatic rings. The summed E-state index contributed by atoms with van der Waals surface area (Å²) in [5.74, 6) is 0. The molecular formula is C15H16N2O. The number of aromatic nitrogens is 1. The minimum atomic E-state index is -0.0695. The van der Waals surface area contributed by atoms with Gasteiger partial charge in [0, 0.05) is 12.2 Å². The lowest BCUT2D eigenvalue weighted by Gasteiger charge is -2.11. The van der Waals surface area contributed by atoms with Crippen molar-refractivity contribution in [2.45, 2.75) is 18.7 Å². The molecule has 92 valence electrons. The Labute approximate surface area is 107 Å². The zero-order chi connectivity index (χ0) is 12.2. The van der Waals surface area contributed by atoms with Crippen LogP contribution in [0.3, 0.4) is 0 Å². The highest BCUT2D eigenvalue weighted by Crippen LogP contribution is 2.20. The first-order valence-electron chi connectivity index (χ1n) is 6.24. The zero-order valence-electron chi connectivity index (χ0n) is 10.1. The van der Waals surface area contributed by atoms with Gasteiger partial charge in [-0.2, -0.15) is 0 Å². The van der Waals surface area contributed by atoms with E-state index >= 15 is 0 Å². The summed E-state index contributed by atoms with van der Waals surface area (Å²) < 4.78 is 5.75. The molecule has 18 heavy (non-hydrogen) atoms. The average Bonchev–Trinajstić information content (AvgIpc) is 2.89. The van der Waals surface area contributed by atoms with E-state index in [1.54, 1.807) is 6.20 Å². The summed E-state index contributed by atoms with van der Waals surface area (Å²) in [6.07, 6.45) is 2.72. The first-order chi connectivity index (χ1) is 8.92. The Morgan fingerprint density at radius 2 is 1.94 bits per heavy atom. The van der Waals surface area contributed by atoms with Gasteiger partial charge in [-0.05, 0) is 24.1 Å². The van der Waals surface area contributed by atoms with Gasteiger partial charge in [0.15, 0.2) is 6.23 Å². The maximum Gasteiger partial charge on any atom is 0.151 e. The first kappa shape index (κ1) is 11.4. The maximum absolute atomic E-state index is 5.75. The number of hydrogen-bond donors (Lipinski definition) is 1. The van der Waals surface area contributed by atoms with Crippen molar-refractivity contribution in [3.8, 4) is 0 Å². The largest absolute Gasteiger partial charge is 0.356 e. The Morgan fingerprint density at radius 3 is 2.72 bits per heavy atom. The molecule has 0 aliphatic carbocycles. The van der Waals surface area contributed by atoms with Gasteiger partial charge in [0.2, 0.25) is 0 Å². The number of hydrogen-bond acceptors (Lipinski definition) is 3. The topological polar surface area (TPSA) is 34.1 Å². The Kier molecular flexibility index (Phi) is 3.35. The van der Waals surface area contributed by atoms with Crippen molar-refractivity contribution >= 4 is 0 Å². The molecule has 1 N–H and O–H groups in total. The fourth-order valence-electron chi connectivity index (χ4n) is 2.24. The molecule has 3 heteroatoms. The Balaban J connectivity index is 1.62. The minimum Gasteiger partial charge on any atom is -0.356 e. The normalized spacial score (nSPS) is 23.1. The highest BCUT2D eigenvalue weighted by Gasteiger charge is 2.26. The third kappa shape index (κ3) is 2.58. The molecule has 2 atom stereocenters. The van der Waals surface area contributed by atoms with Crippen LogP contribution in [0.15, 0.2) is 54.7 Å². The molecule has 1 aliphatic heterocycles. The highest BCUT2D eigenvalue weighted by atomic mass is 16.5. The van der Waals surface area contributed by atoms with Gasteiger partial charge in [-0.3, -0.25) is 10.3 Å². The van der Waals surface area contributed by atoms with Gasteiger partial charge in [0.25, 0.3) is 0 Å². The standard InChI is InChI=1S/C15H16N2O/c1-2-6-12(7-3-1)10-13-11-18-15(17-13)14-8-4-5-9-16-14/h1-9,13,15,17H,10-11H2/t13-,15-/m1/s1. The number of benzene rings is 1. The van der Waals surface area contributed by atoms with Crippen molar-refractivity contribution in [2.24, 2.45) is 0 Å². The van der Waals surface area contributed by atoms with Gasteiger partial charge in [0.1, 0.15) is 0 Å².